The molecule has 5 rings (SSSR count). The Balaban J connectivity index is 1.43. The minimum absolute atomic E-state index is 0.0462. The van der Waals surface area contributed by atoms with Crippen molar-refractivity contribution in [3.63, 3.8) is 0 Å². The lowest BCUT2D eigenvalue weighted by atomic mass is 10.0. The summed E-state index contributed by atoms with van der Waals surface area (Å²) in [5, 5.41) is 18.3. The van der Waals surface area contributed by atoms with E-state index in [0.717, 1.165) is 43.7 Å². The number of aromatic nitrogens is 4. The van der Waals surface area contributed by atoms with Gasteiger partial charge in [-0.1, -0.05) is 0 Å². The van der Waals surface area contributed by atoms with Crippen LogP contribution in [0.25, 0.3) is 0 Å². The first-order chi connectivity index (χ1) is 13.1. The number of carboxylic acid groups (broad SMARTS) is 1. The monoisotopic (exact) mass is 369 g/mol. The molecule has 1 amide bonds. The highest BCUT2D eigenvalue weighted by Crippen LogP contribution is 2.33. The predicted octanol–water partition coefficient (Wildman–Crippen LogP) is 1.72. The number of carbonyl (C=O) groups excluding carboxylic acids is 1. The molecule has 0 radical (unpaired) electrons. The highest BCUT2D eigenvalue weighted by molar-refractivity contribution is 5.95. The summed E-state index contributed by atoms with van der Waals surface area (Å²) < 4.78 is 3.81. The Morgan fingerprint density at radius 1 is 1.15 bits per heavy atom. The lowest BCUT2D eigenvalue weighted by molar-refractivity contribution is 0.0673. The van der Waals surface area contributed by atoms with Crippen molar-refractivity contribution in [2.45, 2.75) is 58.2 Å². The molecule has 8 heteroatoms. The van der Waals surface area contributed by atoms with Gasteiger partial charge in [0.15, 0.2) is 5.69 Å². The Morgan fingerprint density at radius 2 is 2.00 bits per heavy atom. The maximum Gasteiger partial charge on any atom is 0.356 e. The summed E-state index contributed by atoms with van der Waals surface area (Å²) in [4.78, 5) is 26.6. The molecule has 3 aliphatic rings. The third-order valence-electron chi connectivity index (χ3n) is 5.96. The molecule has 0 saturated heterocycles. The van der Waals surface area contributed by atoms with Crippen LogP contribution < -0.4 is 0 Å². The van der Waals surface area contributed by atoms with Gasteiger partial charge < -0.3 is 10.0 Å². The van der Waals surface area contributed by atoms with Gasteiger partial charge in [-0.3, -0.25) is 14.2 Å². The first kappa shape index (κ1) is 16.5. The van der Waals surface area contributed by atoms with Gasteiger partial charge in [-0.15, -0.1) is 0 Å². The van der Waals surface area contributed by atoms with Crippen LogP contribution in [0.5, 0.6) is 0 Å². The minimum atomic E-state index is -1.02. The van der Waals surface area contributed by atoms with Crippen LogP contribution in [-0.2, 0) is 32.5 Å². The van der Waals surface area contributed by atoms with Crippen LogP contribution >= 0.6 is 0 Å². The zero-order valence-electron chi connectivity index (χ0n) is 15.2. The largest absolute Gasteiger partial charge is 0.476 e. The Kier molecular flexibility index (Phi) is 3.80. The van der Waals surface area contributed by atoms with Crippen molar-refractivity contribution in [1.29, 1.82) is 0 Å². The van der Waals surface area contributed by atoms with Crippen molar-refractivity contribution in [2.24, 2.45) is 5.92 Å². The number of nitrogens with zero attached hydrogens (tertiary/aromatic N) is 5. The van der Waals surface area contributed by atoms with Crippen LogP contribution in [0.15, 0.2) is 6.20 Å². The first-order valence-electron chi connectivity index (χ1n) is 9.77. The number of carbonyl (C=O) groups is 2. The second kappa shape index (κ2) is 6.21. The molecule has 1 N–H and O–H groups in total. The molecule has 1 fully saturated rings. The van der Waals surface area contributed by atoms with E-state index < -0.39 is 5.97 Å². The zero-order chi connectivity index (χ0) is 18.5. The van der Waals surface area contributed by atoms with E-state index in [1.807, 2.05) is 9.36 Å². The van der Waals surface area contributed by atoms with Crippen molar-refractivity contribution in [3.05, 3.63) is 34.4 Å². The number of hydrogen-bond acceptors (Lipinski definition) is 4. The van der Waals surface area contributed by atoms with Gasteiger partial charge in [0, 0.05) is 37.3 Å². The summed E-state index contributed by atoms with van der Waals surface area (Å²) in [5.74, 6) is -0.442. The minimum Gasteiger partial charge on any atom is -0.476 e. The van der Waals surface area contributed by atoms with E-state index in [9.17, 15) is 14.7 Å². The van der Waals surface area contributed by atoms with E-state index in [1.54, 1.807) is 11.1 Å². The fourth-order valence-corrected chi connectivity index (χ4v) is 4.30. The molecule has 4 heterocycles. The van der Waals surface area contributed by atoms with Crippen molar-refractivity contribution < 1.29 is 14.7 Å². The highest BCUT2D eigenvalue weighted by Gasteiger charge is 2.33. The second-order valence-electron chi connectivity index (χ2n) is 7.87. The quantitative estimate of drug-likeness (QED) is 0.886. The van der Waals surface area contributed by atoms with Crippen LogP contribution in [0, 0.1) is 5.92 Å². The normalized spacial score (nSPS) is 18.9. The maximum atomic E-state index is 13.1. The predicted molar refractivity (Wildman–Crippen MR) is 95.5 cm³/mol. The Hall–Kier alpha value is -2.64. The molecular weight excluding hydrogens is 346 g/mol. The average molecular weight is 369 g/mol. The SMILES string of the molecule is O=C(O)c1nn(CC2CC2)c2c1CN(C(=O)c1cnn3c1CCCC3)CC2. The van der Waals surface area contributed by atoms with Crippen LogP contribution in [0.4, 0.5) is 0 Å². The average Bonchev–Trinajstić information content (AvgIpc) is 3.27. The van der Waals surface area contributed by atoms with Gasteiger partial charge >= 0.3 is 5.97 Å². The van der Waals surface area contributed by atoms with Crippen molar-refractivity contribution in [3.8, 4) is 0 Å². The lowest BCUT2D eigenvalue weighted by Crippen LogP contribution is -2.37. The molecule has 8 nitrogen and oxygen atoms in total. The maximum absolute atomic E-state index is 13.1. The van der Waals surface area contributed by atoms with E-state index in [2.05, 4.69) is 10.2 Å². The number of hydrogen-bond donors (Lipinski definition) is 1. The third-order valence-corrected chi connectivity index (χ3v) is 5.96. The van der Waals surface area contributed by atoms with Crippen LogP contribution in [-0.4, -0.2) is 48.0 Å². The smallest absolute Gasteiger partial charge is 0.356 e. The zero-order valence-corrected chi connectivity index (χ0v) is 15.2. The topological polar surface area (TPSA) is 93.2 Å². The van der Waals surface area contributed by atoms with Gasteiger partial charge in [0.25, 0.3) is 5.91 Å². The first-order valence-corrected chi connectivity index (χ1v) is 9.77. The van der Waals surface area contributed by atoms with Gasteiger partial charge in [-0.25, -0.2) is 4.79 Å². The Bertz CT molecular complexity index is 924. The van der Waals surface area contributed by atoms with Gasteiger partial charge in [-0.2, -0.15) is 10.2 Å². The summed E-state index contributed by atoms with van der Waals surface area (Å²) in [7, 11) is 0. The molecule has 142 valence electrons. The standard InChI is InChI=1S/C19H23N5O3/c25-18(13-9-20-23-7-2-1-3-15(13)23)22-8-6-16-14(11-22)17(19(26)27)21-24(16)10-12-4-5-12/h9,12H,1-8,10-11H2,(H,26,27). The number of carboxylic acids is 1. The summed E-state index contributed by atoms with van der Waals surface area (Å²) in [5.41, 5.74) is 3.46. The van der Waals surface area contributed by atoms with Crippen molar-refractivity contribution in [2.75, 3.05) is 6.54 Å². The molecule has 2 aliphatic heterocycles. The van der Waals surface area contributed by atoms with Gasteiger partial charge in [0.05, 0.1) is 24.0 Å². The summed E-state index contributed by atoms with van der Waals surface area (Å²) in [6, 6.07) is 0. The van der Waals surface area contributed by atoms with Gasteiger partial charge in [0.1, 0.15) is 0 Å². The van der Waals surface area contributed by atoms with E-state index in [-0.39, 0.29) is 11.6 Å². The molecule has 0 aromatic carbocycles. The van der Waals surface area contributed by atoms with Crippen LogP contribution in [0.1, 0.15) is 63.5 Å². The molecular formula is C19H23N5O3. The molecule has 0 unspecified atom stereocenters. The van der Waals surface area contributed by atoms with Crippen molar-refractivity contribution >= 4 is 11.9 Å². The number of fused-ring (bicyclic) bond motifs is 2. The summed E-state index contributed by atoms with van der Waals surface area (Å²) >= 11 is 0. The fraction of sp³-hybridized carbons (Fsp3) is 0.579. The number of rotatable bonds is 4. The molecule has 0 spiro atoms. The molecule has 27 heavy (non-hydrogen) atoms. The third kappa shape index (κ3) is 2.83. The summed E-state index contributed by atoms with van der Waals surface area (Å²) in [6.45, 7) is 2.56. The molecule has 1 saturated carbocycles. The molecule has 2 aromatic rings. The van der Waals surface area contributed by atoms with E-state index >= 15 is 0 Å². The number of aryl methyl sites for hydroxylation is 1. The Morgan fingerprint density at radius 3 is 2.78 bits per heavy atom. The number of aromatic carboxylic acids is 1. The molecule has 2 aromatic heterocycles. The van der Waals surface area contributed by atoms with Crippen LogP contribution in [0.2, 0.25) is 0 Å². The fourth-order valence-electron chi connectivity index (χ4n) is 4.30. The van der Waals surface area contributed by atoms with Gasteiger partial charge in [-0.05, 0) is 38.0 Å². The van der Waals surface area contributed by atoms with E-state index in [4.69, 9.17) is 0 Å². The Labute approximate surface area is 156 Å². The van der Waals surface area contributed by atoms with E-state index in [0.29, 0.717) is 36.6 Å². The van der Waals surface area contributed by atoms with E-state index in [1.165, 1.54) is 12.8 Å². The van der Waals surface area contributed by atoms with Crippen LogP contribution in [0.3, 0.4) is 0 Å². The summed E-state index contributed by atoms with van der Waals surface area (Å²) in [6.07, 6.45) is 7.75. The molecule has 1 aliphatic carbocycles. The molecule has 0 bridgehead atoms. The lowest BCUT2D eigenvalue weighted by Gasteiger charge is -2.28. The molecule has 0 atom stereocenters. The highest BCUT2D eigenvalue weighted by atomic mass is 16.4. The number of amides is 1. The second-order valence-corrected chi connectivity index (χ2v) is 7.87. The van der Waals surface area contributed by atoms with Crippen molar-refractivity contribution in [1.82, 2.24) is 24.5 Å². The van der Waals surface area contributed by atoms with Gasteiger partial charge in [0.2, 0.25) is 0 Å².